The molecule has 14 heteroatoms. The molecule has 1 aliphatic heterocycles. The van der Waals surface area contributed by atoms with E-state index in [9.17, 15) is 18.0 Å². The highest BCUT2D eigenvalue weighted by molar-refractivity contribution is 7.89. The normalized spacial score (nSPS) is 13.7. The lowest BCUT2D eigenvalue weighted by Crippen LogP contribution is -2.36. The summed E-state index contributed by atoms with van der Waals surface area (Å²) in [6.45, 7) is 5.53. The van der Waals surface area contributed by atoms with Crippen LogP contribution in [-0.2, 0) is 32.5 Å². The second-order valence-electron chi connectivity index (χ2n) is 9.01. The van der Waals surface area contributed by atoms with Crippen molar-refractivity contribution in [1.82, 2.24) is 19.9 Å². The Kier molecular flexibility index (Phi) is 9.09. The molecule has 12 nitrogen and oxygen atoms in total. The maximum atomic E-state index is 12.9. The van der Waals surface area contributed by atoms with E-state index in [1.165, 1.54) is 12.1 Å². The number of nitrogens with zero attached hydrogens (tertiary/aromatic N) is 4. The number of esters is 1. The Morgan fingerprint density at radius 2 is 1.82 bits per heavy atom. The zero-order chi connectivity index (χ0) is 28.0. The predicted molar refractivity (Wildman–Crippen MR) is 147 cm³/mol. The molecule has 2 aromatic heterocycles. The number of thiazole rings is 1. The predicted octanol–water partition coefficient (Wildman–Crippen LogP) is 2.98. The number of carbonyl (C=O) groups is 2. The number of aryl methyl sites for hydroxylation is 1. The van der Waals surface area contributed by atoms with E-state index in [4.69, 9.17) is 9.88 Å². The Morgan fingerprint density at radius 3 is 2.49 bits per heavy atom. The molecule has 1 saturated heterocycles. The maximum absolute atomic E-state index is 12.9. The number of aromatic nitrogens is 3. The van der Waals surface area contributed by atoms with Gasteiger partial charge in [0, 0.05) is 25.7 Å². The molecule has 1 aromatic carbocycles. The summed E-state index contributed by atoms with van der Waals surface area (Å²) in [4.78, 5) is 40.9. The van der Waals surface area contributed by atoms with Crippen LogP contribution in [0.3, 0.4) is 0 Å². The van der Waals surface area contributed by atoms with Gasteiger partial charge in [0.2, 0.25) is 21.9 Å². The number of carbonyl (C=O) groups excluding carboxylic acids is 2. The van der Waals surface area contributed by atoms with Crippen molar-refractivity contribution >= 4 is 50.1 Å². The van der Waals surface area contributed by atoms with Crippen molar-refractivity contribution in [2.75, 3.05) is 30.3 Å². The van der Waals surface area contributed by atoms with Gasteiger partial charge in [-0.3, -0.25) is 10.1 Å². The fourth-order valence-electron chi connectivity index (χ4n) is 4.07. The molecule has 3 aromatic rings. The van der Waals surface area contributed by atoms with Gasteiger partial charge < -0.3 is 15.0 Å². The molecule has 0 atom stereocenters. The number of nitrogens with one attached hydrogen (secondary N) is 2. The molecule has 208 valence electrons. The van der Waals surface area contributed by atoms with Crippen molar-refractivity contribution in [3.8, 4) is 0 Å². The third-order valence-corrected chi connectivity index (χ3v) is 8.00. The average molecular weight is 574 g/mol. The summed E-state index contributed by atoms with van der Waals surface area (Å²) in [6, 6.07) is 7.90. The number of benzene rings is 1. The van der Waals surface area contributed by atoms with E-state index in [-0.39, 0.29) is 29.8 Å². The number of hydrogen-bond donors (Lipinski definition) is 3. The smallest absolute Gasteiger partial charge is 0.350 e. The summed E-state index contributed by atoms with van der Waals surface area (Å²) >= 11 is 1.13. The molecule has 0 unspecified atom stereocenters. The van der Waals surface area contributed by atoms with Crippen LogP contribution in [0.15, 0.2) is 35.2 Å². The van der Waals surface area contributed by atoms with Crippen LogP contribution < -0.4 is 15.8 Å². The highest BCUT2D eigenvalue weighted by atomic mass is 32.2. The fraction of sp³-hybridized carbons (Fsp3) is 0.400. The molecule has 4 N–H and O–H groups in total. The molecular weight excluding hydrogens is 542 g/mol. The second kappa shape index (κ2) is 12.5. The summed E-state index contributed by atoms with van der Waals surface area (Å²) in [5.74, 6) is 0.232. The first-order chi connectivity index (χ1) is 18.6. The zero-order valence-electron chi connectivity index (χ0n) is 21.8. The van der Waals surface area contributed by atoms with Crippen molar-refractivity contribution < 1.29 is 22.7 Å². The van der Waals surface area contributed by atoms with Gasteiger partial charge in [-0.1, -0.05) is 23.5 Å². The van der Waals surface area contributed by atoms with E-state index in [1.54, 1.807) is 32.0 Å². The van der Waals surface area contributed by atoms with E-state index in [2.05, 4.69) is 25.6 Å². The number of sulfonamides is 1. The molecule has 3 heterocycles. The highest BCUT2D eigenvalue weighted by Crippen LogP contribution is 2.26. The lowest BCUT2D eigenvalue weighted by atomic mass is 10.1. The van der Waals surface area contributed by atoms with Crippen molar-refractivity contribution in [3.63, 3.8) is 0 Å². The molecule has 1 amide bonds. The van der Waals surface area contributed by atoms with Crippen LogP contribution in [-0.4, -0.2) is 59.8 Å². The van der Waals surface area contributed by atoms with Gasteiger partial charge in [0.25, 0.3) is 0 Å². The van der Waals surface area contributed by atoms with E-state index in [0.717, 1.165) is 49.3 Å². The van der Waals surface area contributed by atoms with E-state index >= 15 is 0 Å². The van der Waals surface area contributed by atoms with Crippen LogP contribution in [0, 0.1) is 6.92 Å². The van der Waals surface area contributed by atoms with Crippen LogP contribution >= 0.6 is 11.3 Å². The van der Waals surface area contributed by atoms with Gasteiger partial charge in [0.1, 0.15) is 10.7 Å². The first-order valence-electron chi connectivity index (χ1n) is 12.6. The third-order valence-electron chi connectivity index (χ3n) is 6.02. The molecule has 0 saturated carbocycles. The van der Waals surface area contributed by atoms with Crippen LogP contribution in [0.5, 0.6) is 0 Å². The Hall–Kier alpha value is -3.62. The lowest BCUT2D eigenvalue weighted by Gasteiger charge is -2.26. The van der Waals surface area contributed by atoms with Gasteiger partial charge in [0.05, 0.1) is 29.3 Å². The molecule has 1 fully saturated rings. The van der Waals surface area contributed by atoms with Crippen LogP contribution in [0.25, 0.3) is 0 Å². The molecule has 39 heavy (non-hydrogen) atoms. The Labute approximate surface area is 231 Å². The van der Waals surface area contributed by atoms with Gasteiger partial charge in [-0.2, -0.15) is 4.98 Å². The number of ether oxygens (including phenoxy) is 1. The van der Waals surface area contributed by atoms with Crippen LogP contribution in [0.4, 0.5) is 16.9 Å². The molecule has 0 aliphatic carbocycles. The third kappa shape index (κ3) is 7.71. The Balaban J connectivity index is 1.55. The summed E-state index contributed by atoms with van der Waals surface area (Å²) in [5, 5.41) is 11.8. The minimum atomic E-state index is -3.78. The number of amides is 1. The molecule has 1 aliphatic rings. The SMILES string of the molecule is CCOC(=O)c1sc(Nc2nc(CC(=O)N3CCCCC3)cc(NCc3ccc(S(N)(=O)=O)cc3)n2)nc1C. The first-order valence-corrected chi connectivity index (χ1v) is 14.9. The number of likely N-dealkylation sites (tertiary alicyclic amines) is 1. The summed E-state index contributed by atoms with van der Waals surface area (Å²) in [6.07, 6.45) is 3.22. The van der Waals surface area contributed by atoms with Crippen molar-refractivity contribution in [3.05, 3.63) is 52.2 Å². The monoisotopic (exact) mass is 573 g/mol. The molecule has 0 bridgehead atoms. The largest absolute Gasteiger partial charge is 0.462 e. The van der Waals surface area contributed by atoms with Crippen molar-refractivity contribution in [1.29, 1.82) is 0 Å². The van der Waals surface area contributed by atoms with Gasteiger partial charge in [-0.25, -0.2) is 28.3 Å². The molecular formula is C25H31N7O5S2. The number of hydrogen-bond acceptors (Lipinski definition) is 11. The summed E-state index contributed by atoms with van der Waals surface area (Å²) in [5.41, 5.74) is 1.85. The second-order valence-corrected chi connectivity index (χ2v) is 11.6. The number of piperidine rings is 1. The van der Waals surface area contributed by atoms with Gasteiger partial charge in [-0.05, 0) is 50.8 Å². The van der Waals surface area contributed by atoms with E-state index in [1.807, 2.05) is 4.90 Å². The first kappa shape index (κ1) is 28.4. The molecule has 0 radical (unpaired) electrons. The van der Waals surface area contributed by atoms with E-state index < -0.39 is 16.0 Å². The van der Waals surface area contributed by atoms with Gasteiger partial charge >= 0.3 is 5.97 Å². The zero-order valence-corrected chi connectivity index (χ0v) is 23.4. The van der Waals surface area contributed by atoms with Crippen molar-refractivity contribution in [2.45, 2.75) is 51.0 Å². The lowest BCUT2D eigenvalue weighted by molar-refractivity contribution is -0.131. The maximum Gasteiger partial charge on any atom is 0.350 e. The van der Waals surface area contributed by atoms with Gasteiger partial charge in [-0.15, -0.1) is 0 Å². The number of anilines is 3. The number of rotatable bonds is 10. The number of primary sulfonamides is 1. The fourth-order valence-corrected chi connectivity index (χ4v) is 5.44. The Bertz CT molecular complexity index is 1440. The minimum absolute atomic E-state index is 0.00132. The average Bonchev–Trinajstić information content (AvgIpc) is 3.27. The van der Waals surface area contributed by atoms with Crippen molar-refractivity contribution in [2.24, 2.45) is 5.14 Å². The molecule has 4 rings (SSSR count). The van der Waals surface area contributed by atoms with E-state index in [0.29, 0.717) is 33.8 Å². The Morgan fingerprint density at radius 1 is 1.10 bits per heavy atom. The number of nitrogens with two attached hydrogens (primary N) is 1. The highest BCUT2D eigenvalue weighted by Gasteiger charge is 2.20. The van der Waals surface area contributed by atoms with Crippen LogP contribution in [0.2, 0.25) is 0 Å². The quantitative estimate of drug-likeness (QED) is 0.306. The summed E-state index contributed by atoms with van der Waals surface area (Å²) < 4.78 is 28.1. The van der Waals surface area contributed by atoms with Gasteiger partial charge in [0.15, 0.2) is 5.13 Å². The van der Waals surface area contributed by atoms with Crippen LogP contribution in [0.1, 0.15) is 52.8 Å². The summed E-state index contributed by atoms with van der Waals surface area (Å²) in [7, 11) is -3.78. The molecule has 0 spiro atoms. The standard InChI is InChI=1S/C25H31N7O5S2/c1-3-37-23(34)22-16(2)28-25(38-22)31-24-29-18(14-21(33)32-11-5-4-6-12-32)13-20(30-24)27-15-17-7-9-19(10-8-17)39(26,35)36/h7-10,13H,3-6,11-12,14-15H2,1-2H3,(H2,26,35,36)(H2,27,28,29,30,31). The topological polar surface area (TPSA) is 169 Å². The minimum Gasteiger partial charge on any atom is -0.462 e.